The highest BCUT2D eigenvalue weighted by molar-refractivity contribution is 6.32. The first-order chi connectivity index (χ1) is 9.81. The number of ether oxygens (including phenoxy) is 1. The average Bonchev–Trinajstić information content (AvgIpc) is 2.48. The lowest BCUT2D eigenvalue weighted by Gasteiger charge is -2.11. The molecule has 20 heavy (non-hydrogen) atoms. The van der Waals surface area contributed by atoms with Crippen molar-refractivity contribution in [2.24, 2.45) is 0 Å². The average molecular weight is 293 g/mol. The number of halogens is 1. The summed E-state index contributed by atoms with van der Waals surface area (Å²) in [5, 5.41) is 6.54. The van der Waals surface area contributed by atoms with Crippen molar-refractivity contribution in [1.82, 2.24) is 9.97 Å². The third kappa shape index (κ3) is 4.08. The Morgan fingerprint density at radius 2 is 2.00 bits per heavy atom. The summed E-state index contributed by atoms with van der Waals surface area (Å²) in [6.45, 7) is 1.83. The number of anilines is 2. The van der Waals surface area contributed by atoms with E-state index in [-0.39, 0.29) is 0 Å². The van der Waals surface area contributed by atoms with Gasteiger partial charge in [0.05, 0.1) is 13.2 Å². The van der Waals surface area contributed by atoms with E-state index in [9.17, 15) is 0 Å². The summed E-state index contributed by atoms with van der Waals surface area (Å²) in [6.07, 6.45) is 1.43. The highest BCUT2D eigenvalue weighted by Crippen LogP contribution is 2.24. The van der Waals surface area contributed by atoms with Crippen LogP contribution in [0.4, 0.5) is 11.5 Å². The van der Waals surface area contributed by atoms with Crippen LogP contribution in [0.1, 0.15) is 5.56 Å². The van der Waals surface area contributed by atoms with E-state index in [1.165, 1.54) is 6.33 Å². The van der Waals surface area contributed by atoms with Gasteiger partial charge in [-0.2, -0.15) is 0 Å². The zero-order chi connectivity index (χ0) is 14.2. The number of nitrogens with one attached hydrogen (secondary N) is 2. The smallest absolute Gasteiger partial charge is 0.157 e. The van der Waals surface area contributed by atoms with Crippen molar-refractivity contribution in [3.05, 3.63) is 47.4 Å². The molecule has 0 fully saturated rings. The van der Waals surface area contributed by atoms with Gasteiger partial charge in [-0.15, -0.1) is 0 Å². The van der Waals surface area contributed by atoms with Gasteiger partial charge in [0.15, 0.2) is 11.0 Å². The van der Waals surface area contributed by atoms with Crippen LogP contribution in [-0.4, -0.2) is 30.2 Å². The van der Waals surface area contributed by atoms with E-state index in [2.05, 4.69) is 20.6 Å². The van der Waals surface area contributed by atoms with Crippen LogP contribution in [0.3, 0.4) is 0 Å². The zero-order valence-electron chi connectivity index (χ0n) is 11.3. The van der Waals surface area contributed by atoms with Crippen LogP contribution >= 0.6 is 11.6 Å². The SMILES string of the molecule is CNc1c(Cl)ncnc1NCCOCc1ccccc1. The second-order valence-electron chi connectivity index (χ2n) is 4.10. The van der Waals surface area contributed by atoms with Gasteiger partial charge in [-0.05, 0) is 5.56 Å². The summed E-state index contributed by atoms with van der Waals surface area (Å²) in [5.41, 5.74) is 1.85. The minimum atomic E-state index is 0.398. The van der Waals surface area contributed by atoms with Crippen LogP contribution in [0, 0.1) is 0 Å². The van der Waals surface area contributed by atoms with Gasteiger partial charge in [-0.25, -0.2) is 9.97 Å². The summed E-state index contributed by atoms with van der Waals surface area (Å²) in [5.74, 6) is 0.677. The number of hydrogen-bond acceptors (Lipinski definition) is 5. The molecular weight excluding hydrogens is 276 g/mol. The lowest BCUT2D eigenvalue weighted by atomic mass is 10.2. The molecule has 0 radical (unpaired) electrons. The first-order valence-corrected chi connectivity index (χ1v) is 6.73. The maximum absolute atomic E-state index is 5.96. The van der Waals surface area contributed by atoms with Gasteiger partial charge in [0.2, 0.25) is 0 Å². The predicted molar refractivity (Wildman–Crippen MR) is 81.2 cm³/mol. The molecule has 0 spiro atoms. The zero-order valence-corrected chi connectivity index (χ0v) is 12.0. The number of hydrogen-bond donors (Lipinski definition) is 2. The number of aromatic nitrogens is 2. The summed E-state index contributed by atoms with van der Waals surface area (Å²) >= 11 is 5.96. The normalized spacial score (nSPS) is 10.3. The molecule has 0 saturated carbocycles. The van der Waals surface area contributed by atoms with Gasteiger partial charge in [0, 0.05) is 13.6 Å². The van der Waals surface area contributed by atoms with Crippen LogP contribution in [0.15, 0.2) is 36.7 Å². The van der Waals surface area contributed by atoms with E-state index in [0.717, 1.165) is 5.56 Å². The van der Waals surface area contributed by atoms with Gasteiger partial charge in [0.25, 0.3) is 0 Å². The summed E-state index contributed by atoms with van der Waals surface area (Å²) in [6, 6.07) is 10.1. The van der Waals surface area contributed by atoms with E-state index in [4.69, 9.17) is 16.3 Å². The fourth-order valence-electron chi connectivity index (χ4n) is 1.73. The Morgan fingerprint density at radius 1 is 1.20 bits per heavy atom. The molecule has 0 aliphatic heterocycles. The molecule has 5 nitrogen and oxygen atoms in total. The molecule has 1 heterocycles. The predicted octanol–water partition coefficient (Wildman–Crippen LogP) is 2.80. The van der Waals surface area contributed by atoms with Crippen molar-refractivity contribution in [2.75, 3.05) is 30.8 Å². The molecule has 2 aromatic rings. The van der Waals surface area contributed by atoms with Gasteiger partial charge < -0.3 is 15.4 Å². The quantitative estimate of drug-likeness (QED) is 0.607. The molecule has 0 saturated heterocycles. The van der Waals surface area contributed by atoms with Gasteiger partial charge >= 0.3 is 0 Å². The molecule has 0 atom stereocenters. The van der Waals surface area contributed by atoms with Gasteiger partial charge in [-0.3, -0.25) is 0 Å². The van der Waals surface area contributed by atoms with Gasteiger partial charge in [-0.1, -0.05) is 41.9 Å². The Bertz CT molecular complexity index is 536. The highest BCUT2D eigenvalue weighted by atomic mass is 35.5. The highest BCUT2D eigenvalue weighted by Gasteiger charge is 2.06. The minimum absolute atomic E-state index is 0.398. The molecule has 106 valence electrons. The van der Waals surface area contributed by atoms with Crippen molar-refractivity contribution in [2.45, 2.75) is 6.61 Å². The summed E-state index contributed by atoms with van der Waals surface area (Å²) in [4.78, 5) is 8.06. The van der Waals surface area contributed by atoms with Crippen molar-refractivity contribution < 1.29 is 4.74 Å². The third-order valence-electron chi connectivity index (χ3n) is 2.70. The minimum Gasteiger partial charge on any atom is -0.383 e. The van der Waals surface area contributed by atoms with E-state index < -0.39 is 0 Å². The van der Waals surface area contributed by atoms with Crippen molar-refractivity contribution in [3.8, 4) is 0 Å². The fourth-order valence-corrected chi connectivity index (χ4v) is 1.95. The molecule has 1 aromatic carbocycles. The molecule has 0 aliphatic rings. The maximum Gasteiger partial charge on any atom is 0.157 e. The number of benzene rings is 1. The largest absolute Gasteiger partial charge is 0.383 e. The number of nitrogens with zero attached hydrogens (tertiary/aromatic N) is 2. The van der Waals surface area contributed by atoms with Gasteiger partial charge in [0.1, 0.15) is 12.0 Å². The van der Waals surface area contributed by atoms with E-state index in [0.29, 0.717) is 36.4 Å². The third-order valence-corrected chi connectivity index (χ3v) is 2.99. The van der Waals surface area contributed by atoms with Crippen molar-refractivity contribution >= 4 is 23.1 Å². The Balaban J connectivity index is 1.75. The van der Waals surface area contributed by atoms with Crippen LogP contribution in [0.2, 0.25) is 5.15 Å². The molecule has 0 unspecified atom stereocenters. The molecule has 2 rings (SSSR count). The Hall–Kier alpha value is -1.85. The van der Waals surface area contributed by atoms with Crippen molar-refractivity contribution in [1.29, 1.82) is 0 Å². The monoisotopic (exact) mass is 292 g/mol. The lowest BCUT2D eigenvalue weighted by Crippen LogP contribution is -2.12. The molecule has 6 heteroatoms. The molecular formula is C14H17ClN4O. The molecule has 2 N–H and O–H groups in total. The molecule has 0 aliphatic carbocycles. The van der Waals surface area contributed by atoms with Crippen LogP contribution in [0.5, 0.6) is 0 Å². The summed E-state index contributed by atoms with van der Waals surface area (Å²) in [7, 11) is 1.78. The Labute approximate surface area is 123 Å². The molecule has 0 amide bonds. The Morgan fingerprint density at radius 3 is 2.75 bits per heavy atom. The second kappa shape index (κ2) is 7.67. The van der Waals surface area contributed by atoms with Crippen molar-refractivity contribution in [3.63, 3.8) is 0 Å². The first-order valence-electron chi connectivity index (χ1n) is 6.35. The maximum atomic E-state index is 5.96. The lowest BCUT2D eigenvalue weighted by molar-refractivity contribution is 0.130. The first kappa shape index (κ1) is 14.6. The van der Waals surface area contributed by atoms with Crippen LogP contribution in [0.25, 0.3) is 0 Å². The summed E-state index contributed by atoms with van der Waals surface area (Å²) < 4.78 is 5.59. The van der Waals surface area contributed by atoms with E-state index in [1.807, 2.05) is 30.3 Å². The van der Waals surface area contributed by atoms with Crippen LogP contribution < -0.4 is 10.6 Å². The number of rotatable bonds is 7. The standard InChI is InChI=1S/C14H17ClN4O/c1-16-12-13(15)18-10-19-14(12)17-7-8-20-9-11-5-3-2-4-6-11/h2-6,10,16H,7-9H2,1H3,(H,17,18,19). The molecule has 1 aromatic heterocycles. The fraction of sp³-hybridized carbons (Fsp3) is 0.286. The Kier molecular flexibility index (Phi) is 5.58. The van der Waals surface area contributed by atoms with E-state index in [1.54, 1.807) is 7.05 Å². The molecule has 0 bridgehead atoms. The van der Waals surface area contributed by atoms with Crippen LogP contribution in [-0.2, 0) is 11.3 Å². The second-order valence-corrected chi connectivity index (χ2v) is 4.46. The van der Waals surface area contributed by atoms with E-state index >= 15 is 0 Å². The topological polar surface area (TPSA) is 59.1 Å².